The number of ether oxygens (including phenoxy) is 1. The zero-order chi connectivity index (χ0) is 16.7. The van der Waals surface area contributed by atoms with E-state index in [2.05, 4.69) is 5.32 Å². The molecule has 120 valence electrons. The second kappa shape index (κ2) is 8.13. The van der Waals surface area contributed by atoms with Gasteiger partial charge in [-0.3, -0.25) is 9.59 Å². The molecule has 0 aromatic heterocycles. The van der Waals surface area contributed by atoms with Crippen molar-refractivity contribution in [2.75, 3.05) is 6.61 Å². The highest BCUT2D eigenvalue weighted by Crippen LogP contribution is 2.08. The van der Waals surface area contributed by atoms with Gasteiger partial charge in [0.25, 0.3) is 5.91 Å². The Kier molecular flexibility index (Phi) is 5.92. The van der Waals surface area contributed by atoms with E-state index in [1.807, 2.05) is 62.4 Å². The molecule has 0 aliphatic heterocycles. The average Bonchev–Trinajstić information content (AvgIpc) is 2.54. The Labute approximate surface area is 136 Å². The molecule has 0 atom stereocenters. The summed E-state index contributed by atoms with van der Waals surface area (Å²) in [5.74, 6) is -0.700. The molecule has 4 nitrogen and oxygen atoms in total. The average molecular weight is 311 g/mol. The number of hydrogen-bond donors (Lipinski definition) is 1. The third-order valence-electron chi connectivity index (χ3n) is 3.57. The molecular formula is C19H21NO3. The Bertz CT molecular complexity index is 677. The molecule has 0 aliphatic rings. The lowest BCUT2D eigenvalue weighted by Gasteiger charge is -2.08. The van der Waals surface area contributed by atoms with Crippen molar-refractivity contribution in [1.82, 2.24) is 5.32 Å². The molecule has 0 radical (unpaired) electrons. The number of rotatable bonds is 6. The van der Waals surface area contributed by atoms with Crippen molar-refractivity contribution in [1.29, 1.82) is 0 Å². The fraction of sp³-hybridized carbons (Fsp3) is 0.263. The van der Waals surface area contributed by atoms with Crippen LogP contribution in [0, 0.1) is 13.8 Å². The van der Waals surface area contributed by atoms with Gasteiger partial charge in [-0.1, -0.05) is 54.1 Å². The van der Waals surface area contributed by atoms with Gasteiger partial charge in [-0.05, 0) is 30.5 Å². The summed E-state index contributed by atoms with van der Waals surface area (Å²) in [4.78, 5) is 23.5. The van der Waals surface area contributed by atoms with Crippen molar-refractivity contribution in [3.05, 3.63) is 70.8 Å². The molecule has 2 rings (SSSR count). The van der Waals surface area contributed by atoms with Gasteiger partial charge in [0.15, 0.2) is 6.61 Å². The highest BCUT2D eigenvalue weighted by Gasteiger charge is 2.09. The molecule has 0 spiro atoms. The molecule has 0 saturated carbocycles. The first-order valence-electron chi connectivity index (χ1n) is 7.57. The monoisotopic (exact) mass is 311 g/mol. The largest absolute Gasteiger partial charge is 0.455 e. The van der Waals surface area contributed by atoms with Crippen molar-refractivity contribution in [3.8, 4) is 0 Å². The number of hydrogen-bond acceptors (Lipinski definition) is 3. The highest BCUT2D eigenvalue weighted by molar-refractivity contribution is 5.81. The van der Waals surface area contributed by atoms with Crippen LogP contribution in [0.3, 0.4) is 0 Å². The molecule has 1 amide bonds. The fourth-order valence-electron chi connectivity index (χ4n) is 2.12. The summed E-state index contributed by atoms with van der Waals surface area (Å²) in [5, 5.41) is 2.73. The number of amides is 1. The predicted octanol–water partition coefficient (Wildman–Crippen LogP) is 2.71. The molecule has 2 aromatic carbocycles. The predicted molar refractivity (Wildman–Crippen MR) is 88.9 cm³/mol. The van der Waals surface area contributed by atoms with E-state index in [1.54, 1.807) is 0 Å². The maximum Gasteiger partial charge on any atom is 0.310 e. The maximum atomic E-state index is 11.8. The van der Waals surface area contributed by atoms with Crippen molar-refractivity contribution in [3.63, 3.8) is 0 Å². The van der Waals surface area contributed by atoms with Gasteiger partial charge in [0.2, 0.25) is 0 Å². The van der Waals surface area contributed by atoms with Gasteiger partial charge in [-0.25, -0.2) is 0 Å². The Morgan fingerprint density at radius 2 is 1.70 bits per heavy atom. The van der Waals surface area contributed by atoms with Gasteiger partial charge in [0.05, 0.1) is 6.42 Å². The van der Waals surface area contributed by atoms with Gasteiger partial charge in [-0.15, -0.1) is 0 Å². The van der Waals surface area contributed by atoms with E-state index < -0.39 is 5.97 Å². The summed E-state index contributed by atoms with van der Waals surface area (Å²) >= 11 is 0. The minimum absolute atomic E-state index is 0.178. The second-order valence-electron chi connectivity index (χ2n) is 5.53. The summed E-state index contributed by atoms with van der Waals surface area (Å²) in [6.45, 7) is 4.12. The molecule has 0 saturated heterocycles. The summed E-state index contributed by atoms with van der Waals surface area (Å²) < 4.78 is 5.02. The lowest BCUT2D eigenvalue weighted by Crippen LogP contribution is -2.28. The van der Waals surface area contributed by atoms with Crippen LogP contribution in [0.5, 0.6) is 0 Å². The van der Waals surface area contributed by atoms with E-state index in [0.717, 1.165) is 16.7 Å². The van der Waals surface area contributed by atoms with E-state index in [1.165, 1.54) is 5.56 Å². The van der Waals surface area contributed by atoms with Gasteiger partial charge in [0.1, 0.15) is 0 Å². The molecule has 4 heteroatoms. The van der Waals surface area contributed by atoms with E-state index in [9.17, 15) is 9.59 Å². The van der Waals surface area contributed by atoms with Gasteiger partial charge in [-0.2, -0.15) is 0 Å². The van der Waals surface area contributed by atoms with Crippen LogP contribution in [0.2, 0.25) is 0 Å². The zero-order valence-corrected chi connectivity index (χ0v) is 13.5. The van der Waals surface area contributed by atoms with E-state index >= 15 is 0 Å². The minimum atomic E-state index is -0.398. The van der Waals surface area contributed by atoms with Gasteiger partial charge in [0, 0.05) is 6.54 Å². The van der Waals surface area contributed by atoms with Crippen LogP contribution in [0.1, 0.15) is 22.3 Å². The Hall–Kier alpha value is -2.62. The first-order valence-corrected chi connectivity index (χ1v) is 7.57. The molecular weight excluding hydrogens is 290 g/mol. The summed E-state index contributed by atoms with van der Waals surface area (Å²) in [5.41, 5.74) is 4.13. The van der Waals surface area contributed by atoms with E-state index in [4.69, 9.17) is 4.74 Å². The fourth-order valence-corrected chi connectivity index (χ4v) is 2.12. The van der Waals surface area contributed by atoms with Crippen LogP contribution in [0.25, 0.3) is 0 Å². The number of nitrogens with one attached hydrogen (secondary N) is 1. The smallest absolute Gasteiger partial charge is 0.310 e. The van der Waals surface area contributed by atoms with Crippen molar-refractivity contribution >= 4 is 11.9 Å². The Morgan fingerprint density at radius 1 is 1.00 bits per heavy atom. The lowest BCUT2D eigenvalue weighted by molar-refractivity contribution is -0.147. The van der Waals surface area contributed by atoms with Crippen LogP contribution in [0.4, 0.5) is 0 Å². The minimum Gasteiger partial charge on any atom is -0.455 e. The van der Waals surface area contributed by atoms with E-state index in [0.29, 0.717) is 6.54 Å². The number of carbonyl (C=O) groups is 2. The van der Waals surface area contributed by atoms with Gasteiger partial charge >= 0.3 is 5.97 Å². The van der Waals surface area contributed by atoms with Crippen LogP contribution < -0.4 is 5.32 Å². The first-order chi connectivity index (χ1) is 11.0. The molecule has 0 fully saturated rings. The number of esters is 1. The molecule has 2 aromatic rings. The lowest BCUT2D eigenvalue weighted by atomic mass is 10.1. The van der Waals surface area contributed by atoms with Gasteiger partial charge < -0.3 is 10.1 Å². The normalized spacial score (nSPS) is 10.2. The third-order valence-corrected chi connectivity index (χ3v) is 3.57. The summed E-state index contributed by atoms with van der Waals surface area (Å²) in [6.07, 6.45) is 0.178. The van der Waals surface area contributed by atoms with E-state index in [-0.39, 0.29) is 18.9 Å². The SMILES string of the molecule is Cc1ccc(CNC(=O)COC(=O)Cc2ccccc2C)cc1. The molecule has 0 unspecified atom stereocenters. The Morgan fingerprint density at radius 3 is 2.39 bits per heavy atom. The van der Waals surface area contributed by atoms with Crippen LogP contribution >= 0.6 is 0 Å². The zero-order valence-electron chi connectivity index (χ0n) is 13.5. The first kappa shape index (κ1) is 16.7. The van der Waals surface area contributed by atoms with Crippen LogP contribution in [0.15, 0.2) is 48.5 Å². The number of aryl methyl sites for hydroxylation is 2. The third kappa shape index (κ3) is 5.58. The standard InChI is InChI=1S/C19H21NO3/c1-14-7-9-16(10-8-14)12-20-18(21)13-23-19(22)11-17-6-4-3-5-15(17)2/h3-10H,11-13H2,1-2H3,(H,20,21). The van der Waals surface area contributed by atoms with Crippen LogP contribution in [-0.2, 0) is 27.3 Å². The summed E-state index contributed by atoms with van der Waals surface area (Å²) in [6, 6.07) is 15.5. The Balaban J connectivity index is 1.72. The number of benzene rings is 2. The van der Waals surface area contributed by atoms with Crippen molar-refractivity contribution in [2.24, 2.45) is 0 Å². The molecule has 1 N–H and O–H groups in total. The summed E-state index contributed by atoms with van der Waals surface area (Å²) in [7, 11) is 0. The van der Waals surface area contributed by atoms with Crippen molar-refractivity contribution < 1.29 is 14.3 Å². The molecule has 0 heterocycles. The topological polar surface area (TPSA) is 55.4 Å². The number of carbonyl (C=O) groups excluding carboxylic acids is 2. The highest BCUT2D eigenvalue weighted by atomic mass is 16.5. The quantitative estimate of drug-likeness (QED) is 0.835. The van der Waals surface area contributed by atoms with Crippen molar-refractivity contribution in [2.45, 2.75) is 26.8 Å². The second-order valence-corrected chi connectivity index (χ2v) is 5.53. The molecule has 23 heavy (non-hydrogen) atoms. The van der Waals surface area contributed by atoms with Crippen LogP contribution in [-0.4, -0.2) is 18.5 Å². The maximum absolute atomic E-state index is 11.8. The molecule has 0 bridgehead atoms. The molecule has 0 aliphatic carbocycles.